The maximum Gasteiger partial charge on any atom is 0.323 e. The lowest BCUT2D eigenvalue weighted by molar-refractivity contribution is -0.117. The van der Waals surface area contributed by atoms with E-state index in [-0.39, 0.29) is 5.91 Å². The van der Waals surface area contributed by atoms with Gasteiger partial charge >= 0.3 is 6.03 Å². The molecular formula is C19H21N3O4. The maximum atomic E-state index is 12.3. The normalized spacial score (nSPS) is 13.5. The number of nitrogens with one attached hydrogen (secondary N) is 2. The van der Waals surface area contributed by atoms with Gasteiger partial charge in [-0.05, 0) is 36.8 Å². The Balaban J connectivity index is 1.77. The summed E-state index contributed by atoms with van der Waals surface area (Å²) in [6.45, 7) is 0.645. The second-order valence-corrected chi connectivity index (χ2v) is 5.81. The van der Waals surface area contributed by atoms with E-state index >= 15 is 0 Å². The first kappa shape index (κ1) is 17.6. The molecule has 0 spiro atoms. The van der Waals surface area contributed by atoms with Crippen molar-refractivity contribution in [3.05, 3.63) is 42.5 Å². The Bertz CT molecular complexity index is 822. The fraction of sp³-hybridized carbons (Fsp3) is 0.263. The van der Waals surface area contributed by atoms with Crippen molar-refractivity contribution < 1.29 is 19.1 Å². The van der Waals surface area contributed by atoms with E-state index in [2.05, 4.69) is 10.6 Å². The van der Waals surface area contributed by atoms with Gasteiger partial charge in [-0.2, -0.15) is 0 Å². The predicted octanol–water partition coefficient (Wildman–Crippen LogP) is 3.47. The Hall–Kier alpha value is -3.22. The number of hydrogen-bond donors (Lipinski definition) is 2. The Labute approximate surface area is 151 Å². The second kappa shape index (κ2) is 7.77. The lowest BCUT2D eigenvalue weighted by Gasteiger charge is -2.20. The Morgan fingerprint density at radius 3 is 2.50 bits per heavy atom. The summed E-state index contributed by atoms with van der Waals surface area (Å²) >= 11 is 0. The average molecular weight is 355 g/mol. The van der Waals surface area contributed by atoms with Gasteiger partial charge in [-0.15, -0.1) is 0 Å². The molecule has 0 saturated carbocycles. The summed E-state index contributed by atoms with van der Waals surface area (Å²) in [5, 5.41) is 5.52. The van der Waals surface area contributed by atoms with E-state index in [0.717, 1.165) is 6.42 Å². The fourth-order valence-corrected chi connectivity index (χ4v) is 2.91. The molecule has 0 radical (unpaired) electrons. The monoisotopic (exact) mass is 355 g/mol. The SMILES string of the molecule is COc1ccccc1NC(=O)Nc1ccc(OC)c(N2CCCC2=O)c1. The van der Waals surface area contributed by atoms with Crippen molar-refractivity contribution in [2.75, 3.05) is 36.3 Å². The van der Waals surface area contributed by atoms with Crippen molar-refractivity contribution in [3.8, 4) is 11.5 Å². The smallest absolute Gasteiger partial charge is 0.323 e. The van der Waals surface area contributed by atoms with E-state index in [4.69, 9.17) is 9.47 Å². The van der Waals surface area contributed by atoms with Crippen LogP contribution in [0.3, 0.4) is 0 Å². The maximum absolute atomic E-state index is 12.3. The predicted molar refractivity (Wildman–Crippen MR) is 100 cm³/mol. The van der Waals surface area contributed by atoms with Gasteiger partial charge in [-0.25, -0.2) is 4.79 Å². The molecule has 7 heteroatoms. The van der Waals surface area contributed by atoms with E-state index < -0.39 is 6.03 Å². The molecule has 0 bridgehead atoms. The van der Waals surface area contributed by atoms with E-state index in [1.54, 1.807) is 49.5 Å². The highest BCUT2D eigenvalue weighted by Gasteiger charge is 2.24. The van der Waals surface area contributed by atoms with Crippen molar-refractivity contribution in [2.24, 2.45) is 0 Å². The molecule has 1 saturated heterocycles. The van der Waals surface area contributed by atoms with Crippen molar-refractivity contribution >= 4 is 29.0 Å². The second-order valence-electron chi connectivity index (χ2n) is 5.81. The molecule has 3 rings (SSSR count). The van der Waals surface area contributed by atoms with Crippen LogP contribution in [0.2, 0.25) is 0 Å². The number of nitrogens with zero attached hydrogens (tertiary/aromatic N) is 1. The van der Waals surface area contributed by atoms with Gasteiger partial charge in [0.1, 0.15) is 11.5 Å². The summed E-state index contributed by atoms with van der Waals surface area (Å²) in [5.74, 6) is 1.22. The minimum absolute atomic E-state index is 0.0546. The number of methoxy groups -OCH3 is 2. The quantitative estimate of drug-likeness (QED) is 0.861. The molecular weight excluding hydrogens is 334 g/mol. The van der Waals surface area contributed by atoms with E-state index in [9.17, 15) is 9.59 Å². The first-order chi connectivity index (χ1) is 12.6. The van der Waals surface area contributed by atoms with Gasteiger partial charge in [0.05, 0.1) is 25.6 Å². The highest BCUT2D eigenvalue weighted by Crippen LogP contribution is 2.34. The first-order valence-corrected chi connectivity index (χ1v) is 8.32. The third-order valence-corrected chi connectivity index (χ3v) is 4.16. The molecule has 2 aromatic rings. The summed E-state index contributed by atoms with van der Waals surface area (Å²) in [4.78, 5) is 26.0. The number of carbonyl (C=O) groups is 2. The van der Waals surface area contributed by atoms with Crippen molar-refractivity contribution in [2.45, 2.75) is 12.8 Å². The van der Waals surface area contributed by atoms with Crippen LogP contribution >= 0.6 is 0 Å². The molecule has 136 valence electrons. The summed E-state index contributed by atoms with van der Waals surface area (Å²) in [6.07, 6.45) is 1.34. The summed E-state index contributed by atoms with van der Waals surface area (Å²) in [5.41, 5.74) is 1.79. The highest BCUT2D eigenvalue weighted by atomic mass is 16.5. The van der Waals surface area contributed by atoms with Crippen LogP contribution in [0, 0.1) is 0 Å². The first-order valence-electron chi connectivity index (χ1n) is 8.32. The van der Waals surface area contributed by atoms with Gasteiger partial charge in [-0.1, -0.05) is 12.1 Å². The van der Waals surface area contributed by atoms with Gasteiger partial charge in [0.2, 0.25) is 5.91 Å². The minimum Gasteiger partial charge on any atom is -0.495 e. The summed E-state index contributed by atoms with van der Waals surface area (Å²) < 4.78 is 10.6. The summed E-state index contributed by atoms with van der Waals surface area (Å²) in [7, 11) is 3.10. The van der Waals surface area contributed by atoms with Crippen LogP contribution in [0.1, 0.15) is 12.8 Å². The molecule has 3 amide bonds. The highest BCUT2D eigenvalue weighted by molar-refractivity contribution is 6.02. The number of carbonyl (C=O) groups excluding carboxylic acids is 2. The fourth-order valence-electron chi connectivity index (χ4n) is 2.91. The largest absolute Gasteiger partial charge is 0.495 e. The molecule has 1 fully saturated rings. The van der Waals surface area contributed by atoms with E-state index in [1.807, 2.05) is 12.1 Å². The molecule has 0 aliphatic carbocycles. The van der Waals surface area contributed by atoms with Crippen molar-refractivity contribution in [1.82, 2.24) is 0 Å². The van der Waals surface area contributed by atoms with Gasteiger partial charge < -0.3 is 25.0 Å². The van der Waals surface area contributed by atoms with Gasteiger partial charge in [0.25, 0.3) is 0 Å². The van der Waals surface area contributed by atoms with Gasteiger partial charge in [-0.3, -0.25) is 4.79 Å². The molecule has 0 atom stereocenters. The number of rotatable bonds is 5. The zero-order chi connectivity index (χ0) is 18.5. The van der Waals surface area contributed by atoms with Gasteiger partial charge in [0, 0.05) is 18.7 Å². The third kappa shape index (κ3) is 3.72. The van der Waals surface area contributed by atoms with E-state index in [0.29, 0.717) is 41.5 Å². The number of hydrogen-bond acceptors (Lipinski definition) is 4. The minimum atomic E-state index is -0.404. The molecule has 1 aliphatic heterocycles. The van der Waals surface area contributed by atoms with E-state index in [1.165, 1.54) is 0 Å². The molecule has 2 aromatic carbocycles. The van der Waals surface area contributed by atoms with Crippen LogP contribution in [0.25, 0.3) is 0 Å². The number of para-hydroxylation sites is 2. The lowest BCUT2D eigenvalue weighted by atomic mass is 10.2. The standard InChI is InChI=1S/C19H21N3O4/c1-25-16-7-4-3-6-14(16)21-19(24)20-13-9-10-17(26-2)15(12-13)22-11-5-8-18(22)23/h3-4,6-7,9-10,12H,5,8,11H2,1-2H3,(H2,20,21,24). The third-order valence-electron chi connectivity index (χ3n) is 4.16. The van der Waals surface area contributed by atoms with Crippen LogP contribution in [-0.2, 0) is 4.79 Å². The molecule has 26 heavy (non-hydrogen) atoms. The topological polar surface area (TPSA) is 79.9 Å². The molecule has 7 nitrogen and oxygen atoms in total. The Morgan fingerprint density at radius 1 is 1.04 bits per heavy atom. The van der Waals surface area contributed by atoms with Crippen molar-refractivity contribution in [3.63, 3.8) is 0 Å². The Kier molecular flexibility index (Phi) is 5.26. The average Bonchev–Trinajstić information content (AvgIpc) is 3.08. The molecule has 0 aromatic heterocycles. The number of urea groups is 1. The van der Waals surface area contributed by atoms with Gasteiger partial charge in [0.15, 0.2) is 0 Å². The number of anilines is 3. The molecule has 2 N–H and O–H groups in total. The lowest BCUT2D eigenvalue weighted by Crippen LogP contribution is -2.25. The van der Waals surface area contributed by atoms with Crippen LogP contribution in [0.4, 0.5) is 21.9 Å². The summed E-state index contributed by atoms with van der Waals surface area (Å²) in [6, 6.07) is 11.9. The number of benzene rings is 2. The number of amides is 3. The zero-order valence-corrected chi connectivity index (χ0v) is 14.7. The van der Waals surface area contributed by atoms with Crippen LogP contribution in [0.15, 0.2) is 42.5 Å². The molecule has 1 heterocycles. The Morgan fingerprint density at radius 2 is 1.81 bits per heavy atom. The van der Waals surface area contributed by atoms with Crippen LogP contribution in [-0.4, -0.2) is 32.7 Å². The van der Waals surface area contributed by atoms with Crippen molar-refractivity contribution in [1.29, 1.82) is 0 Å². The molecule has 1 aliphatic rings. The number of ether oxygens (including phenoxy) is 2. The molecule has 0 unspecified atom stereocenters. The van der Waals surface area contributed by atoms with Crippen LogP contribution < -0.4 is 25.0 Å². The van der Waals surface area contributed by atoms with Crippen LogP contribution in [0.5, 0.6) is 11.5 Å². The zero-order valence-electron chi connectivity index (χ0n) is 14.7.